The van der Waals surface area contributed by atoms with Gasteiger partial charge in [-0.2, -0.15) is 0 Å². The zero-order valence-corrected chi connectivity index (χ0v) is 8.51. The number of carbonyl (C=O) groups is 2. The second-order valence-electron chi connectivity index (χ2n) is 3.60. The molecule has 0 saturated carbocycles. The predicted octanol–water partition coefficient (Wildman–Crippen LogP) is 0.556. The molecule has 2 aliphatic heterocycles. The number of nitrogens with zero attached hydrogens (tertiary/aromatic N) is 1. The Morgan fingerprint density at radius 1 is 1.67 bits per heavy atom. The largest absolute Gasteiger partial charge is 0.469 e. The Balaban J connectivity index is 2.21. The van der Waals surface area contributed by atoms with E-state index in [4.69, 9.17) is 9.47 Å². The van der Waals surface area contributed by atoms with Crippen molar-refractivity contribution in [3.05, 3.63) is 12.2 Å². The number of carbonyl (C=O) groups excluding carboxylic acids is 2. The van der Waals surface area contributed by atoms with E-state index in [-0.39, 0.29) is 24.7 Å². The molecule has 0 bridgehead atoms. The molecule has 1 fully saturated rings. The first-order chi connectivity index (χ1) is 7.24. The quantitative estimate of drug-likeness (QED) is 0.469. The second kappa shape index (κ2) is 3.92. The Bertz CT molecular complexity index is 313. The van der Waals surface area contributed by atoms with Crippen LogP contribution in [0, 0.1) is 5.92 Å². The monoisotopic (exact) mass is 211 g/mol. The van der Waals surface area contributed by atoms with Crippen LogP contribution >= 0.6 is 0 Å². The molecule has 5 nitrogen and oxygen atoms in total. The Morgan fingerprint density at radius 2 is 2.47 bits per heavy atom. The van der Waals surface area contributed by atoms with Crippen LogP contribution in [-0.2, 0) is 14.3 Å². The summed E-state index contributed by atoms with van der Waals surface area (Å²) in [5.41, 5.74) is 0. The molecule has 0 spiro atoms. The van der Waals surface area contributed by atoms with E-state index in [1.54, 1.807) is 11.0 Å². The van der Waals surface area contributed by atoms with Crippen molar-refractivity contribution in [2.45, 2.75) is 12.5 Å². The van der Waals surface area contributed by atoms with Gasteiger partial charge in [-0.3, -0.25) is 4.79 Å². The lowest BCUT2D eigenvalue weighted by Gasteiger charge is -2.22. The lowest BCUT2D eigenvalue weighted by atomic mass is 10.0. The maximum atomic E-state index is 11.5. The van der Waals surface area contributed by atoms with Crippen LogP contribution in [0.15, 0.2) is 12.2 Å². The van der Waals surface area contributed by atoms with E-state index in [0.717, 1.165) is 6.42 Å². The lowest BCUT2D eigenvalue weighted by molar-refractivity contribution is -0.145. The minimum atomic E-state index is -0.399. The summed E-state index contributed by atoms with van der Waals surface area (Å²) < 4.78 is 9.63. The first-order valence-corrected chi connectivity index (χ1v) is 4.92. The third-order valence-electron chi connectivity index (χ3n) is 2.78. The minimum Gasteiger partial charge on any atom is -0.469 e. The molecule has 2 unspecified atom stereocenters. The zero-order chi connectivity index (χ0) is 10.8. The first kappa shape index (κ1) is 10.0. The minimum absolute atomic E-state index is 0.205. The Labute approximate surface area is 87.6 Å². The van der Waals surface area contributed by atoms with Crippen LogP contribution in [-0.4, -0.2) is 43.3 Å². The number of hydrogen-bond acceptors (Lipinski definition) is 4. The molecule has 2 aliphatic rings. The van der Waals surface area contributed by atoms with Crippen LogP contribution in [0.3, 0.4) is 0 Å². The van der Waals surface area contributed by atoms with Crippen LogP contribution in [0.1, 0.15) is 6.42 Å². The van der Waals surface area contributed by atoms with Gasteiger partial charge in [-0.1, -0.05) is 12.2 Å². The van der Waals surface area contributed by atoms with Crippen molar-refractivity contribution in [2.24, 2.45) is 5.92 Å². The first-order valence-electron chi connectivity index (χ1n) is 4.92. The van der Waals surface area contributed by atoms with Gasteiger partial charge in [0.25, 0.3) is 0 Å². The molecule has 0 aromatic carbocycles. The van der Waals surface area contributed by atoms with E-state index in [1.807, 2.05) is 6.08 Å². The standard InChI is InChI=1S/C10H13NO4/c1-14-9(12)7-4-2-3-5-11-8(7)6-15-10(11)13/h2,4,7-8H,3,5-6H2,1H3. The third-order valence-corrected chi connectivity index (χ3v) is 2.78. The van der Waals surface area contributed by atoms with Crippen molar-refractivity contribution in [3.8, 4) is 0 Å². The van der Waals surface area contributed by atoms with Crippen LogP contribution in [0.5, 0.6) is 0 Å². The lowest BCUT2D eigenvalue weighted by Crippen LogP contribution is -2.41. The molecule has 1 amide bonds. The van der Waals surface area contributed by atoms with E-state index in [1.165, 1.54) is 7.11 Å². The maximum Gasteiger partial charge on any atom is 0.410 e. The summed E-state index contributed by atoms with van der Waals surface area (Å²) in [6, 6.07) is -0.205. The molecule has 0 aromatic heterocycles. The second-order valence-corrected chi connectivity index (χ2v) is 3.60. The molecule has 0 radical (unpaired) electrons. The molecule has 0 aromatic rings. The summed E-state index contributed by atoms with van der Waals surface area (Å²) >= 11 is 0. The number of fused-ring (bicyclic) bond motifs is 1. The SMILES string of the molecule is COC(=O)C1C=CCCN2C(=O)OCC12. The van der Waals surface area contributed by atoms with Gasteiger partial charge in [0.2, 0.25) is 0 Å². The van der Waals surface area contributed by atoms with Gasteiger partial charge in [0.05, 0.1) is 19.1 Å². The average Bonchev–Trinajstić information content (AvgIpc) is 2.51. The van der Waals surface area contributed by atoms with Crippen LogP contribution in [0.4, 0.5) is 4.79 Å². The summed E-state index contributed by atoms with van der Waals surface area (Å²) in [5.74, 6) is -0.717. The molecular formula is C10H13NO4. The smallest absolute Gasteiger partial charge is 0.410 e. The highest BCUT2D eigenvalue weighted by Gasteiger charge is 2.41. The average molecular weight is 211 g/mol. The molecule has 2 atom stereocenters. The van der Waals surface area contributed by atoms with Crippen LogP contribution in [0.2, 0.25) is 0 Å². The Kier molecular flexibility index (Phi) is 2.62. The number of ether oxygens (including phenoxy) is 2. The summed E-state index contributed by atoms with van der Waals surface area (Å²) in [5, 5.41) is 0. The van der Waals surface area contributed by atoms with E-state index in [9.17, 15) is 9.59 Å². The topological polar surface area (TPSA) is 55.8 Å². The van der Waals surface area contributed by atoms with E-state index in [0.29, 0.717) is 6.54 Å². The molecule has 1 saturated heterocycles. The fourth-order valence-corrected chi connectivity index (χ4v) is 1.98. The summed E-state index contributed by atoms with van der Waals surface area (Å²) in [6.45, 7) is 0.871. The number of hydrogen-bond donors (Lipinski definition) is 0. The van der Waals surface area contributed by atoms with Crippen molar-refractivity contribution in [1.82, 2.24) is 4.90 Å². The van der Waals surface area contributed by atoms with Crippen LogP contribution < -0.4 is 0 Å². The molecular weight excluding hydrogens is 198 g/mol. The zero-order valence-electron chi connectivity index (χ0n) is 8.51. The fourth-order valence-electron chi connectivity index (χ4n) is 1.98. The molecule has 82 valence electrons. The summed E-state index contributed by atoms with van der Waals surface area (Å²) in [6.07, 6.45) is 4.13. The van der Waals surface area contributed by atoms with Crippen molar-refractivity contribution < 1.29 is 19.1 Å². The van der Waals surface area contributed by atoms with Crippen molar-refractivity contribution in [2.75, 3.05) is 20.3 Å². The van der Waals surface area contributed by atoms with Gasteiger partial charge in [0.15, 0.2) is 0 Å². The highest BCUT2D eigenvalue weighted by Crippen LogP contribution is 2.24. The van der Waals surface area contributed by atoms with Crippen molar-refractivity contribution >= 4 is 12.1 Å². The van der Waals surface area contributed by atoms with Gasteiger partial charge < -0.3 is 14.4 Å². The fraction of sp³-hybridized carbons (Fsp3) is 0.600. The highest BCUT2D eigenvalue weighted by molar-refractivity contribution is 5.78. The molecule has 15 heavy (non-hydrogen) atoms. The summed E-state index contributed by atoms with van der Waals surface area (Å²) in [7, 11) is 1.35. The Morgan fingerprint density at radius 3 is 3.20 bits per heavy atom. The number of esters is 1. The van der Waals surface area contributed by atoms with Gasteiger partial charge in [-0.05, 0) is 6.42 Å². The molecule has 0 aliphatic carbocycles. The van der Waals surface area contributed by atoms with E-state index < -0.39 is 5.92 Å². The normalized spacial score (nSPS) is 29.4. The highest BCUT2D eigenvalue weighted by atomic mass is 16.6. The third kappa shape index (κ3) is 1.69. The number of amides is 1. The van der Waals surface area contributed by atoms with Crippen LogP contribution in [0.25, 0.3) is 0 Å². The summed E-state index contributed by atoms with van der Waals surface area (Å²) in [4.78, 5) is 24.4. The molecule has 0 N–H and O–H groups in total. The van der Waals surface area contributed by atoms with E-state index in [2.05, 4.69) is 0 Å². The van der Waals surface area contributed by atoms with E-state index >= 15 is 0 Å². The van der Waals surface area contributed by atoms with Gasteiger partial charge in [0, 0.05) is 6.54 Å². The molecule has 2 rings (SSSR count). The van der Waals surface area contributed by atoms with Gasteiger partial charge >= 0.3 is 12.1 Å². The van der Waals surface area contributed by atoms with Crippen molar-refractivity contribution in [1.29, 1.82) is 0 Å². The Hall–Kier alpha value is -1.52. The molecule has 5 heteroatoms. The predicted molar refractivity (Wildman–Crippen MR) is 51.1 cm³/mol. The van der Waals surface area contributed by atoms with Gasteiger partial charge in [-0.15, -0.1) is 0 Å². The number of methoxy groups -OCH3 is 1. The maximum absolute atomic E-state index is 11.5. The number of rotatable bonds is 1. The van der Waals surface area contributed by atoms with Crippen molar-refractivity contribution in [3.63, 3.8) is 0 Å². The number of cyclic esters (lactones) is 1. The van der Waals surface area contributed by atoms with Gasteiger partial charge in [-0.25, -0.2) is 4.79 Å². The van der Waals surface area contributed by atoms with Gasteiger partial charge in [0.1, 0.15) is 6.61 Å². The molecule has 2 heterocycles.